The van der Waals surface area contributed by atoms with Crippen LogP contribution in [0.5, 0.6) is 5.75 Å². The van der Waals surface area contributed by atoms with Crippen LogP contribution < -0.4 is 10.1 Å². The average molecular weight is 314 g/mol. The summed E-state index contributed by atoms with van der Waals surface area (Å²) in [6.45, 7) is 11.6. The molecule has 3 heteroatoms. The van der Waals surface area contributed by atoms with Crippen LogP contribution in [-0.2, 0) is 0 Å². The van der Waals surface area contributed by atoms with E-state index in [9.17, 15) is 0 Å². The molecule has 0 amide bonds. The molecule has 1 N–H and O–H groups in total. The van der Waals surface area contributed by atoms with Gasteiger partial charge in [-0.2, -0.15) is 0 Å². The van der Waals surface area contributed by atoms with E-state index in [4.69, 9.17) is 4.74 Å². The highest BCUT2D eigenvalue weighted by atomic mass is 79.9. The highest BCUT2D eigenvalue weighted by Gasteiger charge is 2.16. The summed E-state index contributed by atoms with van der Waals surface area (Å²) in [6.07, 6.45) is 1.27. The second-order valence-corrected chi connectivity index (χ2v) is 6.37. The van der Waals surface area contributed by atoms with Crippen LogP contribution in [0.2, 0.25) is 0 Å². The minimum atomic E-state index is 0.163. The third-order valence-corrected chi connectivity index (χ3v) is 3.71. The molecule has 0 saturated carbocycles. The Morgan fingerprint density at radius 2 is 2.06 bits per heavy atom. The Kier molecular flexibility index (Phi) is 5.67. The van der Waals surface area contributed by atoms with Gasteiger partial charge in [0.25, 0.3) is 0 Å². The average Bonchev–Trinajstić information content (AvgIpc) is 2.30. The fraction of sp³-hybridized carbons (Fsp3) is 0.600. The molecule has 0 bridgehead atoms. The van der Waals surface area contributed by atoms with Crippen LogP contribution in [0, 0.1) is 6.92 Å². The number of rotatable bonds is 6. The normalized spacial score (nSPS) is 13.4. The molecule has 1 aromatic carbocycles. The summed E-state index contributed by atoms with van der Waals surface area (Å²) in [4.78, 5) is 0. The van der Waals surface area contributed by atoms with Crippen molar-refractivity contribution in [2.45, 2.75) is 52.7 Å². The summed E-state index contributed by atoms with van der Waals surface area (Å²) in [6, 6.07) is 6.10. The van der Waals surface area contributed by atoms with Gasteiger partial charge in [-0.3, -0.25) is 0 Å². The van der Waals surface area contributed by atoms with Crippen LogP contribution in [0.1, 0.15) is 39.7 Å². The Labute approximate surface area is 119 Å². The van der Waals surface area contributed by atoms with Crippen LogP contribution >= 0.6 is 15.9 Å². The third kappa shape index (κ3) is 4.99. The topological polar surface area (TPSA) is 21.3 Å². The molecule has 2 nitrogen and oxygen atoms in total. The Bertz CT molecular complexity index is 390. The van der Waals surface area contributed by atoms with Crippen LogP contribution in [0.3, 0.4) is 0 Å². The van der Waals surface area contributed by atoms with Gasteiger partial charge in [-0.05, 0) is 57.9 Å². The number of nitrogens with one attached hydrogen (secondary N) is 1. The standard InChI is InChI=1S/C15H24BrNO/c1-6-15(4,5)17-10-12(3)18-14-8-7-13(16)9-11(14)2/h7-9,12,17H,6,10H2,1-5H3. The predicted octanol–water partition coefficient (Wildman–Crippen LogP) is 4.30. The zero-order valence-electron chi connectivity index (χ0n) is 12.0. The molecule has 1 unspecified atom stereocenters. The largest absolute Gasteiger partial charge is 0.489 e. The maximum absolute atomic E-state index is 5.96. The van der Waals surface area contributed by atoms with E-state index in [0.29, 0.717) is 0 Å². The maximum Gasteiger partial charge on any atom is 0.122 e. The molecule has 1 atom stereocenters. The van der Waals surface area contributed by atoms with Crippen molar-refractivity contribution in [2.75, 3.05) is 6.54 Å². The van der Waals surface area contributed by atoms with Crippen LogP contribution in [0.4, 0.5) is 0 Å². The predicted molar refractivity (Wildman–Crippen MR) is 81.3 cm³/mol. The van der Waals surface area contributed by atoms with Crippen molar-refractivity contribution in [3.63, 3.8) is 0 Å². The van der Waals surface area contributed by atoms with Gasteiger partial charge in [0.15, 0.2) is 0 Å². The Balaban J connectivity index is 2.52. The molecule has 1 aromatic rings. The summed E-state index contributed by atoms with van der Waals surface area (Å²) in [7, 11) is 0. The lowest BCUT2D eigenvalue weighted by molar-refractivity contribution is 0.197. The molecule has 0 aliphatic heterocycles. The molecule has 1 rings (SSSR count). The fourth-order valence-electron chi connectivity index (χ4n) is 1.55. The zero-order valence-corrected chi connectivity index (χ0v) is 13.6. The van der Waals surface area contributed by atoms with Crippen molar-refractivity contribution in [3.05, 3.63) is 28.2 Å². The van der Waals surface area contributed by atoms with Gasteiger partial charge < -0.3 is 10.1 Å². The number of hydrogen-bond donors (Lipinski definition) is 1. The van der Waals surface area contributed by atoms with Gasteiger partial charge in [0.05, 0.1) is 0 Å². The highest BCUT2D eigenvalue weighted by Crippen LogP contribution is 2.23. The van der Waals surface area contributed by atoms with E-state index in [1.807, 2.05) is 12.1 Å². The first kappa shape index (κ1) is 15.5. The second kappa shape index (κ2) is 6.58. The highest BCUT2D eigenvalue weighted by molar-refractivity contribution is 9.10. The SMILES string of the molecule is CCC(C)(C)NCC(C)Oc1ccc(Br)cc1C. The lowest BCUT2D eigenvalue weighted by atomic mass is 10.0. The van der Waals surface area contributed by atoms with Crippen molar-refractivity contribution in [3.8, 4) is 5.75 Å². The van der Waals surface area contributed by atoms with Crippen molar-refractivity contribution in [1.82, 2.24) is 5.32 Å². The van der Waals surface area contributed by atoms with E-state index in [-0.39, 0.29) is 11.6 Å². The maximum atomic E-state index is 5.96. The molecule has 0 fully saturated rings. The Morgan fingerprint density at radius 1 is 1.39 bits per heavy atom. The summed E-state index contributed by atoms with van der Waals surface area (Å²) in [5.74, 6) is 0.960. The minimum absolute atomic E-state index is 0.163. The fourth-order valence-corrected chi connectivity index (χ4v) is 2.02. The summed E-state index contributed by atoms with van der Waals surface area (Å²) >= 11 is 3.46. The first-order chi connectivity index (χ1) is 8.34. The van der Waals surface area contributed by atoms with Crippen molar-refractivity contribution >= 4 is 15.9 Å². The molecule has 0 heterocycles. The van der Waals surface area contributed by atoms with E-state index in [1.165, 1.54) is 0 Å². The summed E-state index contributed by atoms with van der Waals surface area (Å²) < 4.78 is 7.04. The van der Waals surface area contributed by atoms with Crippen molar-refractivity contribution < 1.29 is 4.74 Å². The monoisotopic (exact) mass is 313 g/mol. The van der Waals surface area contributed by atoms with Crippen molar-refractivity contribution in [2.24, 2.45) is 0 Å². The molecule has 0 aliphatic rings. The first-order valence-electron chi connectivity index (χ1n) is 6.52. The molecular weight excluding hydrogens is 290 g/mol. The molecule has 0 saturated heterocycles. The van der Waals surface area contributed by atoms with E-state index < -0.39 is 0 Å². The smallest absolute Gasteiger partial charge is 0.122 e. The Hall–Kier alpha value is -0.540. The number of aryl methyl sites for hydroxylation is 1. The van der Waals surface area contributed by atoms with Crippen LogP contribution in [0.15, 0.2) is 22.7 Å². The molecule has 102 valence electrons. The van der Waals surface area contributed by atoms with E-state index in [2.05, 4.69) is 61.9 Å². The van der Waals surface area contributed by atoms with Crippen LogP contribution in [0.25, 0.3) is 0 Å². The van der Waals surface area contributed by atoms with Gasteiger partial charge in [-0.25, -0.2) is 0 Å². The summed E-state index contributed by atoms with van der Waals surface area (Å²) in [5.41, 5.74) is 1.33. The van der Waals surface area contributed by atoms with Gasteiger partial charge in [0, 0.05) is 16.6 Å². The van der Waals surface area contributed by atoms with Gasteiger partial charge in [0.1, 0.15) is 11.9 Å². The molecule has 0 radical (unpaired) electrons. The Morgan fingerprint density at radius 3 is 2.61 bits per heavy atom. The molecule has 0 aliphatic carbocycles. The van der Waals surface area contributed by atoms with Crippen LogP contribution in [-0.4, -0.2) is 18.2 Å². The third-order valence-electron chi connectivity index (χ3n) is 3.22. The summed E-state index contributed by atoms with van der Waals surface area (Å²) in [5, 5.41) is 3.53. The lowest BCUT2D eigenvalue weighted by Crippen LogP contribution is -2.43. The molecular formula is C15H24BrNO. The quantitative estimate of drug-likeness (QED) is 0.845. The number of ether oxygens (including phenoxy) is 1. The van der Waals surface area contributed by atoms with Gasteiger partial charge in [-0.1, -0.05) is 22.9 Å². The van der Waals surface area contributed by atoms with Crippen molar-refractivity contribution in [1.29, 1.82) is 0 Å². The molecule has 0 spiro atoms. The molecule has 18 heavy (non-hydrogen) atoms. The van der Waals surface area contributed by atoms with E-state index >= 15 is 0 Å². The van der Waals surface area contributed by atoms with Gasteiger partial charge >= 0.3 is 0 Å². The number of halogens is 1. The van der Waals surface area contributed by atoms with E-state index in [1.54, 1.807) is 0 Å². The van der Waals surface area contributed by atoms with Gasteiger partial charge in [-0.15, -0.1) is 0 Å². The number of hydrogen-bond acceptors (Lipinski definition) is 2. The number of benzene rings is 1. The second-order valence-electron chi connectivity index (χ2n) is 5.46. The zero-order chi connectivity index (χ0) is 13.8. The van der Waals surface area contributed by atoms with E-state index in [0.717, 1.165) is 28.8 Å². The molecule has 0 aromatic heterocycles. The minimum Gasteiger partial charge on any atom is -0.489 e. The lowest BCUT2D eigenvalue weighted by Gasteiger charge is -2.27. The first-order valence-corrected chi connectivity index (χ1v) is 7.31. The van der Waals surface area contributed by atoms with Gasteiger partial charge in [0.2, 0.25) is 0 Å².